The zero-order valence-electron chi connectivity index (χ0n) is 18.3. The number of imide groups is 1. The first-order valence-corrected chi connectivity index (χ1v) is 10.6. The molecule has 2 aromatic carbocycles. The third-order valence-electron chi connectivity index (χ3n) is 5.28. The van der Waals surface area contributed by atoms with Gasteiger partial charge in [-0.2, -0.15) is 0 Å². The van der Waals surface area contributed by atoms with Gasteiger partial charge in [-0.05, 0) is 55.7 Å². The molecule has 2 N–H and O–H groups in total. The van der Waals surface area contributed by atoms with Crippen molar-refractivity contribution in [1.82, 2.24) is 15.5 Å². The fourth-order valence-corrected chi connectivity index (χ4v) is 3.34. The van der Waals surface area contributed by atoms with Gasteiger partial charge in [-0.1, -0.05) is 18.2 Å². The van der Waals surface area contributed by atoms with Crippen molar-refractivity contribution in [1.29, 1.82) is 0 Å². The fraction of sp³-hybridized carbons (Fsp3) is 0.333. The summed E-state index contributed by atoms with van der Waals surface area (Å²) in [5.41, 5.74) is 3.05. The molecule has 0 aromatic heterocycles. The SMILES string of the molecule is Cc1ccc(OCC(=O)NCCNC(=O)CCCN2C(=O)c3ccccc3C2=O)cc1C. The largest absolute Gasteiger partial charge is 0.484 e. The van der Waals surface area contributed by atoms with Crippen LogP contribution in [0.2, 0.25) is 0 Å². The van der Waals surface area contributed by atoms with E-state index >= 15 is 0 Å². The summed E-state index contributed by atoms with van der Waals surface area (Å²) < 4.78 is 5.47. The van der Waals surface area contributed by atoms with E-state index < -0.39 is 0 Å². The number of carbonyl (C=O) groups excluding carboxylic acids is 4. The van der Waals surface area contributed by atoms with Gasteiger partial charge < -0.3 is 15.4 Å². The van der Waals surface area contributed by atoms with E-state index in [0.29, 0.717) is 23.3 Å². The lowest BCUT2D eigenvalue weighted by Gasteiger charge is -2.13. The highest BCUT2D eigenvalue weighted by molar-refractivity contribution is 6.21. The number of fused-ring (bicyclic) bond motifs is 1. The number of aryl methyl sites for hydroxylation is 2. The molecule has 0 saturated carbocycles. The summed E-state index contributed by atoms with van der Waals surface area (Å²) in [6, 6.07) is 12.3. The second kappa shape index (κ2) is 10.6. The van der Waals surface area contributed by atoms with Crippen LogP contribution in [0, 0.1) is 13.8 Å². The monoisotopic (exact) mass is 437 g/mol. The average molecular weight is 437 g/mol. The van der Waals surface area contributed by atoms with E-state index in [0.717, 1.165) is 11.1 Å². The van der Waals surface area contributed by atoms with Crippen LogP contribution >= 0.6 is 0 Å². The van der Waals surface area contributed by atoms with Crippen LogP contribution in [0.25, 0.3) is 0 Å². The lowest BCUT2D eigenvalue weighted by molar-refractivity contribution is -0.124. The third-order valence-corrected chi connectivity index (χ3v) is 5.28. The zero-order valence-corrected chi connectivity index (χ0v) is 18.3. The summed E-state index contributed by atoms with van der Waals surface area (Å²) in [5.74, 6) is -0.492. The highest BCUT2D eigenvalue weighted by Crippen LogP contribution is 2.22. The normalized spacial score (nSPS) is 12.5. The number of hydrogen-bond acceptors (Lipinski definition) is 5. The maximum absolute atomic E-state index is 12.3. The number of amides is 4. The van der Waals surface area contributed by atoms with Crippen LogP contribution in [0.5, 0.6) is 5.75 Å². The number of carbonyl (C=O) groups is 4. The van der Waals surface area contributed by atoms with Crippen LogP contribution in [0.4, 0.5) is 0 Å². The molecule has 0 radical (unpaired) electrons. The molecule has 32 heavy (non-hydrogen) atoms. The summed E-state index contributed by atoms with van der Waals surface area (Å²) in [7, 11) is 0. The first-order valence-electron chi connectivity index (χ1n) is 10.6. The van der Waals surface area contributed by atoms with Crippen LogP contribution in [0.1, 0.15) is 44.7 Å². The van der Waals surface area contributed by atoms with E-state index in [-0.39, 0.29) is 56.3 Å². The van der Waals surface area contributed by atoms with Crippen LogP contribution in [-0.2, 0) is 9.59 Å². The van der Waals surface area contributed by atoms with Gasteiger partial charge in [0.25, 0.3) is 17.7 Å². The first-order chi connectivity index (χ1) is 15.4. The van der Waals surface area contributed by atoms with Gasteiger partial charge in [-0.15, -0.1) is 0 Å². The molecule has 4 amide bonds. The maximum Gasteiger partial charge on any atom is 0.261 e. The number of nitrogens with zero attached hydrogens (tertiary/aromatic N) is 1. The molecule has 0 spiro atoms. The van der Waals surface area contributed by atoms with Crippen LogP contribution in [0.15, 0.2) is 42.5 Å². The van der Waals surface area contributed by atoms with Gasteiger partial charge in [-0.25, -0.2) is 0 Å². The highest BCUT2D eigenvalue weighted by Gasteiger charge is 2.34. The molecule has 0 fully saturated rings. The quantitative estimate of drug-likeness (QED) is 0.437. The third kappa shape index (κ3) is 5.72. The van der Waals surface area contributed by atoms with E-state index in [4.69, 9.17) is 4.74 Å². The maximum atomic E-state index is 12.3. The summed E-state index contributed by atoms with van der Waals surface area (Å²) in [5, 5.41) is 5.39. The molecular formula is C24H27N3O5. The minimum Gasteiger partial charge on any atom is -0.484 e. The zero-order chi connectivity index (χ0) is 23.1. The number of benzene rings is 2. The summed E-state index contributed by atoms with van der Waals surface area (Å²) in [6.07, 6.45) is 0.546. The average Bonchev–Trinajstić information content (AvgIpc) is 3.02. The predicted molar refractivity (Wildman–Crippen MR) is 118 cm³/mol. The topological polar surface area (TPSA) is 105 Å². The Morgan fingerprint density at radius 1 is 0.875 bits per heavy atom. The smallest absolute Gasteiger partial charge is 0.261 e. The highest BCUT2D eigenvalue weighted by atomic mass is 16.5. The summed E-state index contributed by atoms with van der Waals surface area (Å²) in [6.45, 7) is 4.62. The molecule has 1 aliphatic rings. The van der Waals surface area contributed by atoms with E-state index in [9.17, 15) is 19.2 Å². The second-order valence-corrected chi connectivity index (χ2v) is 7.65. The van der Waals surface area contributed by atoms with Gasteiger partial charge in [0.05, 0.1) is 11.1 Å². The van der Waals surface area contributed by atoms with E-state index in [1.807, 2.05) is 32.0 Å². The van der Waals surface area contributed by atoms with Crippen molar-refractivity contribution in [2.24, 2.45) is 0 Å². The van der Waals surface area contributed by atoms with Crippen molar-refractivity contribution in [3.8, 4) is 5.75 Å². The van der Waals surface area contributed by atoms with E-state index in [1.54, 1.807) is 24.3 Å². The molecule has 1 heterocycles. The van der Waals surface area contributed by atoms with Crippen molar-refractivity contribution in [3.63, 3.8) is 0 Å². The summed E-state index contributed by atoms with van der Waals surface area (Å²) >= 11 is 0. The Labute approximate surface area is 186 Å². The van der Waals surface area contributed by atoms with Crippen LogP contribution in [0.3, 0.4) is 0 Å². The Balaban J connectivity index is 1.28. The molecule has 0 saturated heterocycles. The van der Waals surface area contributed by atoms with Gasteiger partial charge in [0.15, 0.2) is 6.61 Å². The molecule has 8 nitrogen and oxygen atoms in total. The van der Waals surface area contributed by atoms with E-state index in [1.165, 1.54) is 4.90 Å². The minimum atomic E-state index is -0.322. The molecule has 1 aliphatic heterocycles. The Hall–Kier alpha value is -3.68. The van der Waals surface area contributed by atoms with Gasteiger partial charge in [-0.3, -0.25) is 24.1 Å². The standard InChI is InChI=1S/C24H27N3O5/c1-16-9-10-18(14-17(16)2)32-15-22(29)26-12-11-25-21(28)8-5-13-27-23(30)19-6-3-4-7-20(19)24(27)31/h3-4,6-7,9-10,14H,5,8,11-13,15H2,1-2H3,(H,25,28)(H,26,29). The number of hydrogen-bond donors (Lipinski definition) is 2. The van der Waals surface area contributed by atoms with Gasteiger partial charge in [0.2, 0.25) is 5.91 Å². The second-order valence-electron chi connectivity index (χ2n) is 7.65. The molecule has 0 atom stereocenters. The number of rotatable bonds is 10. The lowest BCUT2D eigenvalue weighted by Crippen LogP contribution is -2.37. The molecule has 168 valence electrons. The molecule has 0 bridgehead atoms. The Morgan fingerprint density at radius 3 is 2.12 bits per heavy atom. The Bertz CT molecular complexity index is 999. The molecule has 2 aromatic rings. The van der Waals surface area contributed by atoms with Crippen molar-refractivity contribution < 1.29 is 23.9 Å². The van der Waals surface area contributed by atoms with Crippen molar-refractivity contribution in [2.75, 3.05) is 26.2 Å². The fourth-order valence-electron chi connectivity index (χ4n) is 3.34. The van der Waals surface area contributed by atoms with Crippen molar-refractivity contribution in [2.45, 2.75) is 26.7 Å². The van der Waals surface area contributed by atoms with Crippen LogP contribution in [-0.4, -0.2) is 54.8 Å². The van der Waals surface area contributed by atoms with Gasteiger partial charge in [0, 0.05) is 26.1 Å². The molecule has 0 unspecified atom stereocenters. The first kappa shape index (κ1) is 23.0. The van der Waals surface area contributed by atoms with Crippen molar-refractivity contribution in [3.05, 3.63) is 64.7 Å². The van der Waals surface area contributed by atoms with Crippen LogP contribution < -0.4 is 15.4 Å². The Kier molecular flexibility index (Phi) is 7.59. The van der Waals surface area contributed by atoms with Gasteiger partial charge >= 0.3 is 0 Å². The molecule has 3 rings (SSSR count). The minimum absolute atomic E-state index is 0.100. The lowest BCUT2D eigenvalue weighted by atomic mass is 10.1. The number of nitrogens with one attached hydrogen (secondary N) is 2. The van der Waals surface area contributed by atoms with E-state index in [2.05, 4.69) is 10.6 Å². The predicted octanol–water partition coefficient (Wildman–Crippen LogP) is 1.99. The molecule has 8 heteroatoms. The molecule has 0 aliphatic carbocycles. The summed E-state index contributed by atoms with van der Waals surface area (Å²) in [4.78, 5) is 49.6. The number of ether oxygens (including phenoxy) is 1. The molecular weight excluding hydrogens is 410 g/mol. The van der Waals surface area contributed by atoms with Gasteiger partial charge in [0.1, 0.15) is 5.75 Å². The van der Waals surface area contributed by atoms with Crippen molar-refractivity contribution >= 4 is 23.6 Å². The Morgan fingerprint density at radius 2 is 1.50 bits per heavy atom.